The first-order chi connectivity index (χ1) is 11.4. The topological polar surface area (TPSA) is 28.2 Å². The molecule has 23 heavy (non-hydrogen) atoms. The summed E-state index contributed by atoms with van der Waals surface area (Å²) in [5, 5.41) is 6.18. The van der Waals surface area contributed by atoms with Crippen molar-refractivity contribution in [2.45, 2.75) is 12.6 Å². The molecule has 116 valence electrons. The summed E-state index contributed by atoms with van der Waals surface area (Å²) >= 11 is 0. The maximum absolute atomic E-state index is 4.23. The number of piperazine rings is 1. The third kappa shape index (κ3) is 3.11. The molecule has 4 rings (SSSR count). The van der Waals surface area contributed by atoms with Gasteiger partial charge in [0.25, 0.3) is 0 Å². The first-order valence-corrected chi connectivity index (χ1v) is 8.22. The highest BCUT2D eigenvalue weighted by atomic mass is 15.2. The molecule has 3 aromatic rings. The fourth-order valence-corrected chi connectivity index (χ4v) is 3.43. The molecular weight excluding hydrogens is 282 g/mol. The summed E-state index contributed by atoms with van der Waals surface area (Å²) in [4.78, 5) is 6.77. The summed E-state index contributed by atoms with van der Waals surface area (Å²) in [5.41, 5.74) is 2.76. The number of hydrogen-bond donors (Lipinski definition) is 1. The van der Waals surface area contributed by atoms with E-state index < -0.39 is 0 Å². The predicted octanol–water partition coefficient (Wildman–Crippen LogP) is 3.38. The van der Waals surface area contributed by atoms with E-state index in [1.165, 1.54) is 21.9 Å². The first-order valence-electron chi connectivity index (χ1n) is 8.22. The molecule has 1 atom stereocenters. The average molecular weight is 303 g/mol. The Hall–Kier alpha value is -2.23. The van der Waals surface area contributed by atoms with E-state index in [2.05, 4.69) is 69.8 Å². The highest BCUT2D eigenvalue weighted by molar-refractivity contribution is 5.84. The molecule has 0 radical (unpaired) electrons. The molecule has 1 N–H and O–H groups in total. The van der Waals surface area contributed by atoms with Gasteiger partial charge in [-0.1, -0.05) is 48.5 Å². The number of fused-ring (bicyclic) bond motifs is 1. The molecule has 0 amide bonds. The SMILES string of the molecule is c1ccc(C2CN(Cc3cccc4cnccc34)CCN2)cc1. The minimum Gasteiger partial charge on any atom is -0.308 e. The smallest absolute Gasteiger partial charge is 0.0449 e. The summed E-state index contributed by atoms with van der Waals surface area (Å²) in [7, 11) is 0. The Labute approximate surface area is 137 Å². The lowest BCUT2D eigenvalue weighted by molar-refractivity contribution is 0.194. The summed E-state index contributed by atoms with van der Waals surface area (Å²) in [6.45, 7) is 4.16. The molecule has 3 nitrogen and oxygen atoms in total. The zero-order chi connectivity index (χ0) is 15.5. The number of benzene rings is 2. The van der Waals surface area contributed by atoms with Gasteiger partial charge in [0.2, 0.25) is 0 Å². The third-order valence-corrected chi connectivity index (χ3v) is 4.63. The Morgan fingerprint density at radius 3 is 2.87 bits per heavy atom. The van der Waals surface area contributed by atoms with Crippen LogP contribution in [0.15, 0.2) is 67.0 Å². The van der Waals surface area contributed by atoms with Crippen molar-refractivity contribution in [3.63, 3.8) is 0 Å². The van der Waals surface area contributed by atoms with Crippen LogP contribution in [-0.2, 0) is 6.54 Å². The van der Waals surface area contributed by atoms with Crippen molar-refractivity contribution in [2.75, 3.05) is 19.6 Å². The van der Waals surface area contributed by atoms with E-state index in [1.807, 2.05) is 12.4 Å². The highest BCUT2D eigenvalue weighted by Crippen LogP contribution is 2.22. The van der Waals surface area contributed by atoms with Gasteiger partial charge in [-0.05, 0) is 22.6 Å². The van der Waals surface area contributed by atoms with Gasteiger partial charge in [0, 0.05) is 50.0 Å². The highest BCUT2D eigenvalue weighted by Gasteiger charge is 2.20. The Morgan fingerprint density at radius 1 is 1.04 bits per heavy atom. The molecule has 1 aliphatic rings. The number of aromatic nitrogens is 1. The lowest BCUT2D eigenvalue weighted by Crippen LogP contribution is -2.45. The lowest BCUT2D eigenvalue weighted by atomic mass is 10.0. The summed E-state index contributed by atoms with van der Waals surface area (Å²) in [6, 6.07) is 19.8. The van der Waals surface area contributed by atoms with Crippen molar-refractivity contribution in [3.8, 4) is 0 Å². The molecular formula is C20H21N3. The van der Waals surface area contributed by atoms with Crippen LogP contribution in [0.2, 0.25) is 0 Å². The second-order valence-electron chi connectivity index (χ2n) is 6.17. The van der Waals surface area contributed by atoms with E-state index in [9.17, 15) is 0 Å². The van der Waals surface area contributed by atoms with Crippen LogP contribution >= 0.6 is 0 Å². The van der Waals surface area contributed by atoms with E-state index in [-0.39, 0.29) is 0 Å². The molecule has 1 saturated heterocycles. The molecule has 2 heterocycles. The largest absolute Gasteiger partial charge is 0.308 e. The van der Waals surface area contributed by atoms with Crippen molar-refractivity contribution in [1.82, 2.24) is 15.2 Å². The average Bonchev–Trinajstić information content (AvgIpc) is 2.63. The molecule has 0 saturated carbocycles. The molecule has 0 bridgehead atoms. The van der Waals surface area contributed by atoms with Crippen molar-refractivity contribution in [2.24, 2.45) is 0 Å². The summed E-state index contributed by atoms with van der Waals surface area (Å²) in [5.74, 6) is 0. The molecule has 1 aliphatic heterocycles. The second-order valence-corrected chi connectivity index (χ2v) is 6.17. The van der Waals surface area contributed by atoms with Crippen molar-refractivity contribution < 1.29 is 0 Å². The minimum absolute atomic E-state index is 0.418. The predicted molar refractivity (Wildman–Crippen MR) is 94.2 cm³/mol. The van der Waals surface area contributed by atoms with Crippen LogP contribution in [0.5, 0.6) is 0 Å². The van der Waals surface area contributed by atoms with Gasteiger partial charge in [-0.15, -0.1) is 0 Å². The van der Waals surface area contributed by atoms with E-state index in [0.29, 0.717) is 6.04 Å². The maximum Gasteiger partial charge on any atom is 0.0449 e. The molecule has 0 aliphatic carbocycles. The second kappa shape index (κ2) is 6.49. The van der Waals surface area contributed by atoms with E-state index in [1.54, 1.807) is 0 Å². The number of rotatable bonds is 3. The van der Waals surface area contributed by atoms with Gasteiger partial charge in [0.05, 0.1) is 0 Å². The van der Waals surface area contributed by atoms with Crippen molar-refractivity contribution in [1.29, 1.82) is 0 Å². The zero-order valence-corrected chi connectivity index (χ0v) is 13.2. The van der Waals surface area contributed by atoms with Crippen LogP contribution in [-0.4, -0.2) is 29.5 Å². The van der Waals surface area contributed by atoms with E-state index in [0.717, 1.165) is 26.2 Å². The Bertz CT molecular complexity index is 780. The van der Waals surface area contributed by atoms with Gasteiger partial charge in [-0.3, -0.25) is 9.88 Å². The van der Waals surface area contributed by atoms with Gasteiger partial charge < -0.3 is 5.32 Å². The van der Waals surface area contributed by atoms with Crippen molar-refractivity contribution >= 4 is 10.8 Å². The van der Waals surface area contributed by atoms with Gasteiger partial charge in [0.1, 0.15) is 0 Å². The van der Waals surface area contributed by atoms with Gasteiger partial charge in [-0.25, -0.2) is 0 Å². The zero-order valence-electron chi connectivity index (χ0n) is 13.2. The van der Waals surface area contributed by atoms with Crippen LogP contribution in [0.4, 0.5) is 0 Å². The number of nitrogens with zero attached hydrogens (tertiary/aromatic N) is 2. The van der Waals surface area contributed by atoms with Crippen LogP contribution < -0.4 is 5.32 Å². The third-order valence-electron chi connectivity index (χ3n) is 4.63. The van der Waals surface area contributed by atoms with Crippen LogP contribution in [0.1, 0.15) is 17.2 Å². The maximum atomic E-state index is 4.23. The first kappa shape index (κ1) is 14.4. The number of pyridine rings is 1. The molecule has 1 unspecified atom stereocenters. The Kier molecular flexibility index (Phi) is 4.05. The van der Waals surface area contributed by atoms with Crippen LogP contribution in [0.25, 0.3) is 10.8 Å². The molecule has 2 aromatic carbocycles. The van der Waals surface area contributed by atoms with Gasteiger partial charge in [0.15, 0.2) is 0 Å². The molecule has 0 spiro atoms. The Morgan fingerprint density at radius 2 is 1.96 bits per heavy atom. The van der Waals surface area contributed by atoms with E-state index in [4.69, 9.17) is 0 Å². The lowest BCUT2D eigenvalue weighted by Gasteiger charge is -2.34. The minimum atomic E-state index is 0.418. The quantitative estimate of drug-likeness (QED) is 0.804. The summed E-state index contributed by atoms with van der Waals surface area (Å²) < 4.78 is 0. The fourth-order valence-electron chi connectivity index (χ4n) is 3.43. The fraction of sp³-hybridized carbons (Fsp3) is 0.250. The Balaban J connectivity index is 1.54. The number of hydrogen-bond acceptors (Lipinski definition) is 3. The number of nitrogens with one attached hydrogen (secondary N) is 1. The van der Waals surface area contributed by atoms with Crippen LogP contribution in [0.3, 0.4) is 0 Å². The molecule has 3 heteroatoms. The monoisotopic (exact) mass is 303 g/mol. The van der Waals surface area contributed by atoms with Crippen LogP contribution in [0, 0.1) is 0 Å². The van der Waals surface area contributed by atoms with Crippen molar-refractivity contribution in [3.05, 3.63) is 78.1 Å². The molecule has 1 aromatic heterocycles. The van der Waals surface area contributed by atoms with Gasteiger partial charge in [-0.2, -0.15) is 0 Å². The normalized spacial score (nSPS) is 19.0. The van der Waals surface area contributed by atoms with E-state index >= 15 is 0 Å². The standard InChI is InChI=1S/C20H21N3/c1-2-5-16(6-3-1)20-15-23(12-11-22-20)14-18-8-4-7-17-13-21-10-9-19(17)18/h1-10,13,20,22H,11-12,14-15H2. The van der Waals surface area contributed by atoms with Gasteiger partial charge >= 0.3 is 0 Å². The summed E-state index contributed by atoms with van der Waals surface area (Å²) in [6.07, 6.45) is 3.83. The molecule has 1 fully saturated rings.